The Labute approximate surface area is 111 Å². The lowest BCUT2D eigenvalue weighted by atomic mass is 10.3. The third kappa shape index (κ3) is 3.19. The smallest absolute Gasteiger partial charge is 0.274 e. The summed E-state index contributed by atoms with van der Waals surface area (Å²) in [5, 5.41) is 3.86. The zero-order valence-corrected chi connectivity index (χ0v) is 11.0. The highest BCUT2D eigenvalue weighted by molar-refractivity contribution is 5.91. The minimum Gasteiger partial charge on any atom is -0.361 e. The van der Waals surface area contributed by atoms with Gasteiger partial charge in [0.15, 0.2) is 0 Å². The van der Waals surface area contributed by atoms with Gasteiger partial charge in [-0.25, -0.2) is 4.98 Å². The molecule has 0 aliphatic heterocycles. The van der Waals surface area contributed by atoms with Crippen molar-refractivity contribution in [1.82, 2.24) is 19.6 Å². The molecular weight excluding hydrogens is 246 g/mol. The molecule has 0 bridgehead atoms. The molecule has 102 valence electrons. The van der Waals surface area contributed by atoms with Crippen LogP contribution in [-0.4, -0.2) is 39.1 Å². The quantitative estimate of drug-likeness (QED) is 0.843. The molecule has 0 aromatic carbocycles. The number of nitrogens with two attached hydrogens (primary N) is 1. The van der Waals surface area contributed by atoms with E-state index in [1.54, 1.807) is 35.1 Å². The van der Waals surface area contributed by atoms with Crippen molar-refractivity contribution in [1.29, 1.82) is 0 Å². The van der Waals surface area contributed by atoms with Crippen molar-refractivity contribution in [3.05, 3.63) is 35.7 Å². The van der Waals surface area contributed by atoms with E-state index in [0.29, 0.717) is 25.3 Å². The molecule has 19 heavy (non-hydrogen) atoms. The number of carbonyl (C=O) groups excluding carboxylic acids is 1. The number of aromatic nitrogens is 3. The maximum absolute atomic E-state index is 12.1. The Morgan fingerprint density at radius 1 is 1.58 bits per heavy atom. The van der Waals surface area contributed by atoms with Crippen molar-refractivity contribution in [2.45, 2.75) is 20.0 Å². The Kier molecular flexibility index (Phi) is 3.96. The van der Waals surface area contributed by atoms with Crippen LogP contribution in [0.5, 0.6) is 0 Å². The summed E-state index contributed by atoms with van der Waals surface area (Å²) in [5.74, 6) is 0.569. The largest absolute Gasteiger partial charge is 0.361 e. The van der Waals surface area contributed by atoms with Crippen molar-refractivity contribution in [3.63, 3.8) is 0 Å². The second-order valence-electron chi connectivity index (χ2n) is 4.38. The van der Waals surface area contributed by atoms with Crippen LogP contribution in [-0.2, 0) is 13.1 Å². The van der Waals surface area contributed by atoms with E-state index < -0.39 is 0 Å². The Morgan fingerprint density at radius 2 is 2.37 bits per heavy atom. The predicted molar refractivity (Wildman–Crippen MR) is 68.3 cm³/mol. The second kappa shape index (κ2) is 5.66. The summed E-state index contributed by atoms with van der Waals surface area (Å²) in [4.78, 5) is 17.8. The molecule has 2 aromatic rings. The second-order valence-corrected chi connectivity index (χ2v) is 4.38. The fraction of sp³-hybridized carbons (Fsp3) is 0.417. The first-order valence-corrected chi connectivity index (χ1v) is 5.99. The number of amides is 1. The molecule has 7 heteroatoms. The van der Waals surface area contributed by atoms with Crippen LogP contribution >= 0.6 is 0 Å². The van der Waals surface area contributed by atoms with Gasteiger partial charge in [0.05, 0.1) is 12.9 Å². The minimum atomic E-state index is -0.156. The Bertz CT molecular complexity index is 560. The van der Waals surface area contributed by atoms with Gasteiger partial charge in [-0.2, -0.15) is 0 Å². The van der Waals surface area contributed by atoms with E-state index in [1.807, 2.05) is 6.92 Å². The van der Waals surface area contributed by atoms with Crippen molar-refractivity contribution in [3.8, 4) is 0 Å². The molecule has 0 atom stereocenters. The van der Waals surface area contributed by atoms with E-state index in [0.717, 1.165) is 11.5 Å². The fourth-order valence-corrected chi connectivity index (χ4v) is 1.74. The van der Waals surface area contributed by atoms with E-state index in [4.69, 9.17) is 10.3 Å². The van der Waals surface area contributed by atoms with Crippen molar-refractivity contribution >= 4 is 5.91 Å². The molecule has 0 unspecified atom stereocenters. The first-order valence-electron chi connectivity index (χ1n) is 5.99. The topological polar surface area (TPSA) is 90.2 Å². The number of imidazole rings is 1. The van der Waals surface area contributed by atoms with Gasteiger partial charge in [-0.1, -0.05) is 5.16 Å². The van der Waals surface area contributed by atoms with Crippen LogP contribution in [0.25, 0.3) is 0 Å². The van der Waals surface area contributed by atoms with Crippen LogP contribution in [0.2, 0.25) is 0 Å². The summed E-state index contributed by atoms with van der Waals surface area (Å²) < 4.78 is 6.76. The first-order chi connectivity index (χ1) is 9.10. The van der Waals surface area contributed by atoms with Crippen molar-refractivity contribution < 1.29 is 9.32 Å². The predicted octanol–water partition coefficient (Wildman–Crippen LogP) is 0.410. The number of nitrogens with zero attached hydrogens (tertiary/aromatic N) is 4. The van der Waals surface area contributed by atoms with Gasteiger partial charge in [0.25, 0.3) is 5.91 Å². The first kappa shape index (κ1) is 13.3. The van der Waals surface area contributed by atoms with Gasteiger partial charge in [-0.15, -0.1) is 0 Å². The summed E-state index contributed by atoms with van der Waals surface area (Å²) in [6.45, 7) is 3.36. The lowest BCUT2D eigenvalue weighted by molar-refractivity contribution is 0.0776. The number of hydrogen-bond acceptors (Lipinski definition) is 5. The van der Waals surface area contributed by atoms with Crippen molar-refractivity contribution in [2.75, 3.05) is 13.6 Å². The van der Waals surface area contributed by atoms with Crippen LogP contribution in [0.3, 0.4) is 0 Å². The minimum absolute atomic E-state index is 0.156. The molecule has 0 fully saturated rings. The van der Waals surface area contributed by atoms with E-state index in [1.165, 1.54) is 0 Å². The van der Waals surface area contributed by atoms with Gasteiger partial charge in [0.1, 0.15) is 17.1 Å². The Hall–Kier alpha value is -2.15. The number of rotatable bonds is 5. The standard InChI is InChI=1S/C12H17N5O2/c1-9-5-10(15-19-9)6-16(2)12(18)11-7-17(4-3-13)8-14-11/h5,7-8H,3-4,6,13H2,1-2H3. The van der Waals surface area contributed by atoms with Crippen LogP contribution in [0.15, 0.2) is 23.1 Å². The molecule has 0 spiro atoms. The summed E-state index contributed by atoms with van der Waals surface area (Å²) in [5.41, 5.74) is 6.56. The summed E-state index contributed by atoms with van der Waals surface area (Å²) in [6, 6.07) is 1.80. The SMILES string of the molecule is Cc1cc(CN(C)C(=O)c2cn(CCN)cn2)no1. The lowest BCUT2D eigenvalue weighted by Crippen LogP contribution is -2.26. The molecule has 2 aromatic heterocycles. The third-order valence-corrected chi connectivity index (χ3v) is 2.66. The third-order valence-electron chi connectivity index (χ3n) is 2.66. The molecule has 1 amide bonds. The average Bonchev–Trinajstić information content (AvgIpc) is 2.98. The fourth-order valence-electron chi connectivity index (χ4n) is 1.74. The summed E-state index contributed by atoms with van der Waals surface area (Å²) in [6.07, 6.45) is 3.30. The maximum atomic E-state index is 12.1. The van der Waals surface area contributed by atoms with Gasteiger partial charge in [-0.05, 0) is 6.92 Å². The molecule has 2 rings (SSSR count). The van der Waals surface area contributed by atoms with Crippen LogP contribution < -0.4 is 5.73 Å². The molecule has 2 heterocycles. The van der Waals surface area contributed by atoms with E-state index in [2.05, 4.69) is 10.1 Å². The highest BCUT2D eigenvalue weighted by Gasteiger charge is 2.16. The highest BCUT2D eigenvalue weighted by Crippen LogP contribution is 2.07. The molecule has 2 N–H and O–H groups in total. The van der Waals surface area contributed by atoms with Crippen molar-refractivity contribution in [2.24, 2.45) is 5.73 Å². The molecule has 7 nitrogen and oxygen atoms in total. The van der Waals surface area contributed by atoms with E-state index in [-0.39, 0.29) is 5.91 Å². The highest BCUT2D eigenvalue weighted by atomic mass is 16.5. The number of hydrogen-bond donors (Lipinski definition) is 1. The molecular formula is C12H17N5O2. The molecule has 0 radical (unpaired) electrons. The normalized spacial score (nSPS) is 10.7. The van der Waals surface area contributed by atoms with Crippen LogP contribution in [0, 0.1) is 6.92 Å². The van der Waals surface area contributed by atoms with Gasteiger partial charge < -0.3 is 19.7 Å². The summed E-state index contributed by atoms with van der Waals surface area (Å²) >= 11 is 0. The van der Waals surface area contributed by atoms with E-state index in [9.17, 15) is 4.79 Å². The van der Waals surface area contributed by atoms with Crippen LogP contribution in [0.4, 0.5) is 0 Å². The van der Waals surface area contributed by atoms with Gasteiger partial charge in [-0.3, -0.25) is 4.79 Å². The van der Waals surface area contributed by atoms with E-state index >= 15 is 0 Å². The lowest BCUT2D eigenvalue weighted by Gasteiger charge is -2.13. The molecule has 0 saturated carbocycles. The van der Waals surface area contributed by atoms with Crippen LogP contribution in [0.1, 0.15) is 21.9 Å². The maximum Gasteiger partial charge on any atom is 0.274 e. The number of aryl methyl sites for hydroxylation is 1. The Balaban J connectivity index is 2.01. The number of carbonyl (C=O) groups is 1. The zero-order valence-electron chi connectivity index (χ0n) is 11.0. The van der Waals surface area contributed by atoms with Gasteiger partial charge in [0.2, 0.25) is 0 Å². The monoisotopic (exact) mass is 263 g/mol. The molecule has 0 aliphatic carbocycles. The summed E-state index contributed by atoms with van der Waals surface area (Å²) in [7, 11) is 1.70. The molecule has 0 aliphatic rings. The Morgan fingerprint density at radius 3 is 3.00 bits per heavy atom. The molecule has 0 saturated heterocycles. The van der Waals surface area contributed by atoms with Gasteiger partial charge >= 0.3 is 0 Å². The van der Waals surface area contributed by atoms with Gasteiger partial charge in [0, 0.05) is 32.4 Å². The zero-order chi connectivity index (χ0) is 13.8. The average molecular weight is 263 g/mol.